The molecule has 28 rings (SSSR count). The number of rotatable bonds is 7. The van der Waals surface area contributed by atoms with Crippen LogP contribution in [0.15, 0.2) is 382 Å². The van der Waals surface area contributed by atoms with E-state index in [2.05, 4.69) is 511 Å². The molecule has 0 radical (unpaired) electrons. The highest BCUT2D eigenvalue weighted by Crippen LogP contribution is 2.44. The topological polar surface area (TPSA) is 34.5 Å². The van der Waals surface area contributed by atoms with Gasteiger partial charge in [0, 0.05) is 192 Å². The first kappa shape index (κ1) is 89.3. The highest BCUT2D eigenvalue weighted by molar-refractivity contribution is 6.23. The highest BCUT2D eigenvalue weighted by atomic mass is 15.0. The van der Waals surface area contributed by atoms with Crippen LogP contribution in [0, 0.1) is 48.5 Å². The fourth-order valence-electron chi connectivity index (χ4n) is 23.3. The zero-order chi connectivity index (χ0) is 95.8. The Bertz CT molecular complexity index is 9560. The molecule has 7 nitrogen and oxygen atoms in total. The van der Waals surface area contributed by atoms with Crippen LogP contribution in [0.1, 0.15) is 87.4 Å². The minimum Gasteiger partial charge on any atom is -0.341 e. The molecule has 0 saturated heterocycles. The van der Waals surface area contributed by atoms with Gasteiger partial charge >= 0.3 is 0 Å². The highest BCUT2D eigenvalue weighted by Gasteiger charge is 2.21. The number of hydrogen-bond acceptors (Lipinski definition) is 0. The molecule has 0 unspecified atom stereocenters. The van der Waals surface area contributed by atoms with E-state index in [1.54, 1.807) is 0 Å². The number of benzene rings is 21. The number of aromatic nitrogens is 7. The van der Waals surface area contributed by atoms with Crippen LogP contribution in [0.25, 0.3) is 228 Å². The van der Waals surface area contributed by atoms with Crippen molar-refractivity contribution in [2.45, 2.75) is 143 Å². The van der Waals surface area contributed by atoms with Gasteiger partial charge in [-0.25, -0.2) is 0 Å². The van der Waals surface area contributed by atoms with Crippen molar-refractivity contribution >= 4 is 228 Å². The molecule has 0 aliphatic heterocycles. The Balaban J connectivity index is 0.0000000939. The molecule has 0 bridgehead atoms. The zero-order valence-electron chi connectivity index (χ0n) is 83.0. The van der Waals surface area contributed by atoms with Crippen molar-refractivity contribution in [2.75, 3.05) is 0 Å². The van der Waals surface area contributed by atoms with Gasteiger partial charge in [0.1, 0.15) is 0 Å². The van der Waals surface area contributed by atoms with E-state index in [1.165, 1.54) is 267 Å². The summed E-state index contributed by atoms with van der Waals surface area (Å²) in [6.45, 7) is 37.8. The minimum atomic E-state index is 0.997. The van der Waals surface area contributed by atoms with Crippen LogP contribution in [0.3, 0.4) is 0 Å². The SMILES string of the molecule is CCn1c2c(C)cccc2c2ccc3ccccc3c21.CCn1c2cc(C)ccc2c2cc3ccccc3cc21.CCn1c2cc(C)ccc2c2ccc3ccccc3c21.CCn1c2cc3ccccc3cc2c2c(C)cccc21.CCn1c2ccc(C)cc2c2cc3ccccc3cc21.CCn1c2ccc(C)cc2c2ccc3ccccc3c21.CCn1c2cccc(C)c2c2ccc3ccccc3c21. The summed E-state index contributed by atoms with van der Waals surface area (Å²) >= 11 is 0. The van der Waals surface area contributed by atoms with Crippen molar-refractivity contribution in [3.63, 3.8) is 0 Å². The van der Waals surface area contributed by atoms with E-state index >= 15 is 0 Å². The standard InChI is InChI=1S/7C19H17N/c1-3-20-17-10-6-7-13(2)19(17)16-11-14-8-4-5-9-15(14)12-18(16)20;1-3-20-17-10-6-7-13(2)18(17)16-12-11-14-8-4-5-9-15(14)19(16)20;1-3-20-18-13(2)7-6-10-16(18)17-12-11-14-8-4-5-9-15(14)19(17)20;1-3-20-18-11-8-13(2)12-17(18)16-10-9-14-6-4-5-7-15(14)19(16)20;1-3-20-18-12-13(2)8-10-16(18)17-11-9-14-6-4-5-7-15(14)19(17)20;1-3-20-18-9-8-13(2)10-16(18)17-11-14-6-4-5-7-15(14)12-19(17)20;1-3-20-18-10-13(2)8-9-16(18)17-11-14-6-4-5-7-15(14)12-19(17)20/h7*4-12H,3H2,1-2H3. The molecular formula is C133H119N7. The lowest BCUT2D eigenvalue weighted by molar-refractivity contribution is 0.827. The molecule has 0 amide bonds. The van der Waals surface area contributed by atoms with Gasteiger partial charge in [-0.05, 0) is 264 Å². The fourth-order valence-corrected chi connectivity index (χ4v) is 23.3. The molecule has 0 N–H and O–H groups in total. The molecule has 686 valence electrons. The van der Waals surface area contributed by atoms with E-state index in [9.17, 15) is 0 Å². The molecule has 0 saturated carbocycles. The van der Waals surface area contributed by atoms with Gasteiger partial charge in [0.15, 0.2) is 0 Å². The monoisotopic (exact) mass is 1810 g/mol. The zero-order valence-corrected chi connectivity index (χ0v) is 83.0. The van der Waals surface area contributed by atoms with Gasteiger partial charge in [0.2, 0.25) is 0 Å². The maximum Gasteiger partial charge on any atom is 0.0571 e. The summed E-state index contributed by atoms with van der Waals surface area (Å²) in [5.41, 5.74) is 28.3. The first-order chi connectivity index (χ1) is 68.5. The lowest BCUT2D eigenvalue weighted by Gasteiger charge is -2.07. The molecule has 0 aliphatic rings. The van der Waals surface area contributed by atoms with Crippen molar-refractivity contribution < 1.29 is 0 Å². The van der Waals surface area contributed by atoms with Crippen LogP contribution >= 0.6 is 0 Å². The van der Waals surface area contributed by atoms with Gasteiger partial charge in [-0.3, -0.25) is 0 Å². The van der Waals surface area contributed by atoms with Crippen molar-refractivity contribution in [2.24, 2.45) is 0 Å². The number of para-hydroxylation sites is 1. The van der Waals surface area contributed by atoms with Crippen LogP contribution < -0.4 is 0 Å². The first-order valence-electron chi connectivity index (χ1n) is 50.4. The quantitative estimate of drug-likeness (QED) is 0.152. The second-order valence-corrected chi connectivity index (χ2v) is 38.1. The average molecular weight is 1820 g/mol. The Hall–Kier alpha value is -16.0. The van der Waals surface area contributed by atoms with Crippen molar-refractivity contribution in [3.8, 4) is 0 Å². The summed E-state index contributed by atoms with van der Waals surface area (Å²) in [4.78, 5) is 0. The fraction of sp³-hybridized carbons (Fsp3) is 0.158. The second kappa shape index (κ2) is 37.2. The number of nitrogens with zero attached hydrogens (tertiary/aromatic N) is 7. The van der Waals surface area contributed by atoms with E-state index in [4.69, 9.17) is 0 Å². The van der Waals surface area contributed by atoms with E-state index in [1.807, 2.05) is 0 Å². The summed E-state index contributed by atoms with van der Waals surface area (Å²) in [5.74, 6) is 0. The van der Waals surface area contributed by atoms with E-state index in [0.29, 0.717) is 0 Å². The molecule has 7 heteroatoms. The Morgan fingerprint density at radius 1 is 0.136 bits per heavy atom. The second-order valence-electron chi connectivity index (χ2n) is 38.1. The first-order valence-corrected chi connectivity index (χ1v) is 50.4. The third-order valence-electron chi connectivity index (χ3n) is 29.7. The molecule has 0 spiro atoms. The van der Waals surface area contributed by atoms with Crippen molar-refractivity contribution in [1.29, 1.82) is 0 Å². The maximum absolute atomic E-state index is 2.46. The smallest absolute Gasteiger partial charge is 0.0571 e. The largest absolute Gasteiger partial charge is 0.341 e. The molecule has 7 heterocycles. The third kappa shape index (κ3) is 15.4. The summed E-state index contributed by atoms with van der Waals surface area (Å²) in [7, 11) is 0. The van der Waals surface area contributed by atoms with Crippen LogP contribution in [0.4, 0.5) is 0 Å². The Morgan fingerprint density at radius 2 is 0.386 bits per heavy atom. The molecular weight excluding hydrogens is 1700 g/mol. The van der Waals surface area contributed by atoms with Gasteiger partial charge in [0.25, 0.3) is 0 Å². The van der Waals surface area contributed by atoms with Crippen LogP contribution in [-0.4, -0.2) is 32.0 Å². The van der Waals surface area contributed by atoms with Gasteiger partial charge in [-0.1, -0.05) is 308 Å². The number of hydrogen-bond donors (Lipinski definition) is 0. The van der Waals surface area contributed by atoms with Gasteiger partial charge in [-0.2, -0.15) is 0 Å². The maximum atomic E-state index is 2.46. The van der Waals surface area contributed by atoms with Gasteiger partial charge < -0.3 is 32.0 Å². The summed E-state index contributed by atoms with van der Waals surface area (Å²) in [6.07, 6.45) is 0. The molecule has 28 aromatic rings. The van der Waals surface area contributed by atoms with Crippen LogP contribution in [0.2, 0.25) is 0 Å². The predicted molar refractivity (Wildman–Crippen MR) is 612 cm³/mol. The van der Waals surface area contributed by atoms with E-state index in [-0.39, 0.29) is 0 Å². The summed E-state index contributed by atoms with van der Waals surface area (Å²) in [5, 5.41) is 37.7. The minimum absolute atomic E-state index is 0.997. The predicted octanol–water partition coefficient (Wildman–Crippen LogP) is 36.9. The Morgan fingerprint density at radius 3 is 0.843 bits per heavy atom. The molecule has 0 atom stereocenters. The third-order valence-corrected chi connectivity index (χ3v) is 29.7. The lowest BCUT2D eigenvalue weighted by Crippen LogP contribution is -1.95. The molecule has 21 aromatic carbocycles. The summed E-state index contributed by atoms with van der Waals surface area (Å²) in [6, 6.07) is 139. The molecule has 7 aromatic heterocycles. The normalized spacial score (nSPS) is 11.7. The van der Waals surface area contributed by atoms with Gasteiger partial charge in [-0.15, -0.1) is 0 Å². The van der Waals surface area contributed by atoms with Crippen LogP contribution in [-0.2, 0) is 45.8 Å². The van der Waals surface area contributed by atoms with Crippen molar-refractivity contribution in [1.82, 2.24) is 32.0 Å². The average Bonchev–Trinajstić information content (AvgIpc) is 1.56. The number of aryl methyl sites for hydroxylation is 14. The van der Waals surface area contributed by atoms with Crippen LogP contribution in [0.5, 0.6) is 0 Å². The lowest BCUT2D eigenvalue weighted by atomic mass is 10.0. The molecule has 0 aliphatic carbocycles. The van der Waals surface area contributed by atoms with E-state index in [0.717, 1.165) is 45.8 Å². The Kier molecular flexibility index (Phi) is 23.7. The van der Waals surface area contributed by atoms with Crippen molar-refractivity contribution in [3.05, 3.63) is 421 Å². The number of fused-ring (bicyclic) bond motifs is 32. The molecule has 140 heavy (non-hydrogen) atoms. The summed E-state index contributed by atoms with van der Waals surface area (Å²) < 4.78 is 17.0. The van der Waals surface area contributed by atoms with Gasteiger partial charge in [0.05, 0.1) is 27.6 Å². The Labute approximate surface area is 818 Å². The molecule has 0 fully saturated rings. The van der Waals surface area contributed by atoms with E-state index < -0.39 is 0 Å².